The molecule has 0 aliphatic carbocycles. The molecule has 3 heterocycles. The van der Waals surface area contributed by atoms with Gasteiger partial charge in [0, 0.05) is 18.1 Å². The van der Waals surface area contributed by atoms with E-state index in [2.05, 4.69) is 20.8 Å². The van der Waals surface area contributed by atoms with Gasteiger partial charge in [0.2, 0.25) is 17.2 Å². The van der Waals surface area contributed by atoms with Crippen molar-refractivity contribution in [3.05, 3.63) is 11.3 Å². The smallest absolute Gasteiger partial charge is 0.352 e. The van der Waals surface area contributed by atoms with Crippen LogP contribution in [-0.4, -0.2) is 96.6 Å². The molecular formula is C14H20N8O4S2. The average molecular weight is 429 g/mol. The second kappa shape index (κ2) is 8.06. The van der Waals surface area contributed by atoms with Crippen molar-refractivity contribution in [3.8, 4) is 0 Å². The fourth-order valence-electron chi connectivity index (χ4n) is 2.87. The van der Waals surface area contributed by atoms with Crippen molar-refractivity contribution < 1.29 is 19.5 Å². The highest BCUT2D eigenvalue weighted by Gasteiger charge is 2.62. The molecule has 1 saturated heterocycles. The summed E-state index contributed by atoms with van der Waals surface area (Å²) in [5.74, 6) is -1.18. The molecule has 1 aromatic heterocycles. The number of hydrogen-bond donors (Lipinski definition) is 3. The van der Waals surface area contributed by atoms with Gasteiger partial charge >= 0.3 is 5.97 Å². The lowest BCUT2D eigenvalue weighted by Gasteiger charge is -2.54. The van der Waals surface area contributed by atoms with Crippen molar-refractivity contribution in [1.29, 1.82) is 0 Å². The molecule has 2 aliphatic heterocycles. The van der Waals surface area contributed by atoms with Gasteiger partial charge in [-0.05, 0) is 30.1 Å². The molecule has 1 fully saturated rings. The van der Waals surface area contributed by atoms with Crippen LogP contribution in [0.1, 0.15) is 0 Å². The predicted molar refractivity (Wildman–Crippen MR) is 101 cm³/mol. The number of tetrazole rings is 1. The molecule has 2 aliphatic rings. The third-order valence-electron chi connectivity index (χ3n) is 4.32. The molecule has 152 valence electrons. The fraction of sp³-hybridized carbons (Fsp3) is 0.571. The Morgan fingerprint density at radius 1 is 1.57 bits per heavy atom. The molecule has 4 N–H and O–H groups in total. The van der Waals surface area contributed by atoms with Crippen LogP contribution in [0, 0.1) is 0 Å². The number of thioether (sulfide) groups is 2. The zero-order chi connectivity index (χ0) is 20.5. The van der Waals surface area contributed by atoms with Crippen molar-refractivity contribution in [1.82, 2.24) is 35.3 Å². The first-order valence-electron chi connectivity index (χ1n) is 8.24. The monoisotopic (exact) mass is 428 g/mol. The quantitative estimate of drug-likeness (QED) is 0.172. The van der Waals surface area contributed by atoms with Crippen molar-refractivity contribution in [3.63, 3.8) is 0 Å². The summed E-state index contributed by atoms with van der Waals surface area (Å²) in [5, 5.41) is 23.5. The standard InChI is InChI=1S/C14H20N8O4S2/c1-20(2)3-4-21-13(17-18-19-21)28-6-8-5-27-12-14(15,16-7-23)11(26)22(12)9(8)10(24)25/h7,12H,3-6,15H2,1-2H3,(H,16,23)(H,24,25)/t12-,14+/m1/s1. The molecule has 12 nitrogen and oxygen atoms in total. The molecule has 28 heavy (non-hydrogen) atoms. The number of hydrogen-bond acceptors (Lipinski definition) is 10. The van der Waals surface area contributed by atoms with Gasteiger partial charge in [-0.2, -0.15) is 0 Å². The maximum Gasteiger partial charge on any atom is 0.352 e. The Labute approximate surface area is 168 Å². The Morgan fingerprint density at radius 3 is 2.96 bits per heavy atom. The number of rotatable bonds is 9. The van der Waals surface area contributed by atoms with Crippen LogP contribution in [0.25, 0.3) is 0 Å². The van der Waals surface area contributed by atoms with Gasteiger partial charge in [-0.15, -0.1) is 16.9 Å². The van der Waals surface area contributed by atoms with E-state index < -0.39 is 22.9 Å². The molecule has 2 amide bonds. The zero-order valence-electron chi connectivity index (χ0n) is 15.2. The Balaban J connectivity index is 1.76. The Bertz CT molecular complexity index is 828. The lowest BCUT2D eigenvalue weighted by molar-refractivity contribution is -0.157. The van der Waals surface area contributed by atoms with Crippen LogP contribution < -0.4 is 11.1 Å². The van der Waals surface area contributed by atoms with Gasteiger partial charge in [0.15, 0.2) is 0 Å². The minimum atomic E-state index is -1.58. The molecular weight excluding hydrogens is 408 g/mol. The van der Waals surface area contributed by atoms with E-state index in [1.165, 1.54) is 23.5 Å². The van der Waals surface area contributed by atoms with E-state index in [4.69, 9.17) is 5.73 Å². The minimum Gasteiger partial charge on any atom is -0.477 e. The summed E-state index contributed by atoms with van der Waals surface area (Å²) in [6.45, 7) is 1.35. The summed E-state index contributed by atoms with van der Waals surface area (Å²) in [6, 6.07) is 0. The van der Waals surface area contributed by atoms with E-state index in [1.54, 1.807) is 4.68 Å². The number of carboxylic acid groups (broad SMARTS) is 1. The Hall–Kier alpha value is -2.16. The van der Waals surface area contributed by atoms with E-state index in [-0.39, 0.29) is 5.70 Å². The Kier molecular flexibility index (Phi) is 5.92. The molecule has 0 unspecified atom stereocenters. The first-order valence-corrected chi connectivity index (χ1v) is 10.3. The number of likely N-dealkylation sites (N-methyl/N-ethyl adjacent to an activating group) is 1. The van der Waals surface area contributed by atoms with Crippen LogP contribution in [0.2, 0.25) is 0 Å². The van der Waals surface area contributed by atoms with E-state index in [0.29, 0.717) is 35.2 Å². The lowest BCUT2D eigenvalue weighted by Crippen LogP contribution is -2.83. The largest absolute Gasteiger partial charge is 0.477 e. The molecule has 1 aromatic rings. The van der Waals surface area contributed by atoms with Crippen molar-refractivity contribution in [2.24, 2.45) is 5.73 Å². The van der Waals surface area contributed by atoms with Gasteiger partial charge in [0.25, 0.3) is 5.91 Å². The number of fused-ring (bicyclic) bond motifs is 1. The van der Waals surface area contributed by atoms with Crippen molar-refractivity contribution in [2.45, 2.75) is 22.7 Å². The second-order valence-corrected chi connectivity index (χ2v) is 8.51. The van der Waals surface area contributed by atoms with Gasteiger partial charge in [-0.25, -0.2) is 9.48 Å². The number of amides is 2. The maximum absolute atomic E-state index is 12.4. The number of aromatic nitrogens is 4. The third-order valence-corrected chi connectivity index (χ3v) is 6.78. The van der Waals surface area contributed by atoms with Gasteiger partial charge < -0.3 is 15.3 Å². The summed E-state index contributed by atoms with van der Waals surface area (Å²) < 4.78 is 1.65. The first-order chi connectivity index (χ1) is 13.3. The van der Waals surface area contributed by atoms with Crippen LogP contribution in [0.5, 0.6) is 0 Å². The van der Waals surface area contributed by atoms with Crippen molar-refractivity contribution in [2.75, 3.05) is 32.1 Å². The van der Waals surface area contributed by atoms with Crippen LogP contribution >= 0.6 is 23.5 Å². The van der Waals surface area contributed by atoms with Crippen LogP contribution in [0.3, 0.4) is 0 Å². The van der Waals surface area contributed by atoms with E-state index in [0.717, 1.165) is 11.4 Å². The molecule has 3 rings (SSSR count). The maximum atomic E-state index is 12.4. The van der Waals surface area contributed by atoms with Crippen LogP contribution in [-0.2, 0) is 20.9 Å². The van der Waals surface area contributed by atoms with E-state index in [1.807, 2.05) is 19.0 Å². The first kappa shape index (κ1) is 20.6. The SMILES string of the molecule is CN(C)CCn1nnnc1SCC1=C(C(=O)O)N2C(=O)[C@](N)(NC=O)[C@H]2SC1. The normalized spacial score (nSPS) is 24.2. The molecule has 2 atom stereocenters. The number of carbonyl (C=O) groups excluding carboxylic acids is 2. The van der Waals surface area contributed by atoms with Gasteiger partial charge in [-0.1, -0.05) is 11.8 Å². The summed E-state index contributed by atoms with van der Waals surface area (Å²) in [4.78, 5) is 38.1. The molecule has 0 bridgehead atoms. The highest BCUT2D eigenvalue weighted by molar-refractivity contribution is 8.01. The highest BCUT2D eigenvalue weighted by Crippen LogP contribution is 2.44. The predicted octanol–water partition coefficient (Wildman–Crippen LogP) is -2.02. The highest BCUT2D eigenvalue weighted by atomic mass is 32.2. The van der Waals surface area contributed by atoms with Crippen LogP contribution in [0.15, 0.2) is 16.4 Å². The number of carbonyl (C=O) groups is 3. The summed E-state index contributed by atoms with van der Waals surface area (Å²) in [6.07, 6.45) is 0.346. The molecule has 0 radical (unpaired) electrons. The van der Waals surface area contributed by atoms with E-state index >= 15 is 0 Å². The summed E-state index contributed by atoms with van der Waals surface area (Å²) >= 11 is 2.61. The zero-order valence-corrected chi connectivity index (χ0v) is 16.9. The van der Waals surface area contributed by atoms with Gasteiger partial charge in [0.1, 0.15) is 11.1 Å². The topological polar surface area (TPSA) is 160 Å². The number of β-lactam (4-membered cyclic amide) rings is 1. The molecule has 0 saturated carbocycles. The Morgan fingerprint density at radius 2 is 2.32 bits per heavy atom. The minimum absolute atomic E-state index is 0.0951. The van der Waals surface area contributed by atoms with Crippen LogP contribution in [0.4, 0.5) is 0 Å². The lowest BCUT2D eigenvalue weighted by atomic mass is 9.97. The number of aliphatic carboxylic acids is 1. The number of carboxylic acids is 1. The summed E-state index contributed by atoms with van der Waals surface area (Å²) in [7, 11) is 3.88. The molecule has 14 heteroatoms. The average Bonchev–Trinajstić information content (AvgIpc) is 3.10. The molecule has 0 aromatic carbocycles. The number of nitrogens with two attached hydrogens (primary N) is 1. The van der Waals surface area contributed by atoms with E-state index in [9.17, 15) is 19.5 Å². The third kappa shape index (κ3) is 3.59. The van der Waals surface area contributed by atoms with Gasteiger partial charge in [-0.3, -0.25) is 20.2 Å². The van der Waals surface area contributed by atoms with Gasteiger partial charge in [0.05, 0.1) is 6.54 Å². The van der Waals surface area contributed by atoms with Crippen molar-refractivity contribution >= 4 is 41.8 Å². The summed E-state index contributed by atoms with van der Waals surface area (Å²) in [5.41, 5.74) is 4.83. The molecule has 0 spiro atoms. The fourth-order valence-corrected chi connectivity index (χ4v) is 5.30. The number of nitrogens with one attached hydrogen (secondary N) is 1. The second-order valence-electron chi connectivity index (χ2n) is 6.50. The number of nitrogens with zero attached hydrogens (tertiary/aromatic N) is 6.